The second-order valence-corrected chi connectivity index (χ2v) is 6.92. The van der Waals surface area contributed by atoms with Crippen LogP contribution in [0.4, 0.5) is 0 Å². The van der Waals surface area contributed by atoms with Crippen LogP contribution in [-0.2, 0) is 4.79 Å². The van der Waals surface area contributed by atoms with Crippen molar-refractivity contribution in [2.24, 2.45) is 0 Å². The molecule has 0 aliphatic heterocycles. The number of hydrogen-bond acceptors (Lipinski definition) is 4. The second kappa shape index (κ2) is 8.62. The largest absolute Gasteiger partial charge is 0.396 e. The van der Waals surface area contributed by atoms with E-state index < -0.39 is 0 Å². The Morgan fingerprint density at radius 2 is 2.07 bits per heavy atom. The summed E-state index contributed by atoms with van der Waals surface area (Å²) in [6, 6.07) is 0. The maximum atomic E-state index is 10.2. The molecule has 0 saturated carbocycles. The van der Waals surface area contributed by atoms with Crippen molar-refractivity contribution in [3.05, 3.63) is 0 Å². The van der Waals surface area contributed by atoms with E-state index in [0.717, 1.165) is 31.3 Å². The normalized spacial score (nSPS) is 11.6. The van der Waals surface area contributed by atoms with Crippen molar-refractivity contribution in [3.8, 4) is 0 Å². The van der Waals surface area contributed by atoms with Gasteiger partial charge in [-0.25, -0.2) is 0 Å². The van der Waals surface area contributed by atoms with E-state index in [-0.39, 0.29) is 4.75 Å². The van der Waals surface area contributed by atoms with Gasteiger partial charge in [-0.3, -0.25) is 0 Å². The minimum atomic E-state index is 0.185. The van der Waals surface area contributed by atoms with Crippen LogP contribution in [0.3, 0.4) is 0 Å². The van der Waals surface area contributed by atoms with Gasteiger partial charge in [-0.1, -0.05) is 21.6 Å². The van der Waals surface area contributed by atoms with Crippen molar-refractivity contribution in [1.29, 1.82) is 0 Å². The minimum Gasteiger partial charge on any atom is -0.396 e. The first kappa shape index (κ1) is 14.3. The Labute approximate surface area is 94.6 Å². The van der Waals surface area contributed by atoms with Crippen molar-refractivity contribution in [2.45, 2.75) is 44.3 Å². The Bertz CT molecular complexity index is 149. The lowest BCUT2D eigenvalue weighted by atomic mass is 10.1. The summed E-state index contributed by atoms with van der Waals surface area (Å²) >= 11 is 0. The Morgan fingerprint density at radius 1 is 1.36 bits per heavy atom. The quantitative estimate of drug-likeness (QED) is 0.379. The van der Waals surface area contributed by atoms with Crippen molar-refractivity contribution < 1.29 is 9.90 Å². The lowest BCUT2D eigenvalue weighted by Gasteiger charge is -2.21. The minimum absolute atomic E-state index is 0.185. The molecule has 0 spiro atoms. The van der Waals surface area contributed by atoms with Gasteiger partial charge in [-0.2, -0.15) is 0 Å². The third-order valence-electron chi connectivity index (χ3n) is 1.78. The fourth-order valence-corrected chi connectivity index (χ4v) is 3.66. The Balaban J connectivity index is 3.39. The number of aldehydes is 1. The first-order valence-electron chi connectivity index (χ1n) is 4.97. The predicted molar refractivity (Wildman–Crippen MR) is 65.7 cm³/mol. The van der Waals surface area contributed by atoms with E-state index in [1.165, 1.54) is 0 Å². The molecular formula is C10H20O2S2. The molecule has 0 heterocycles. The molecule has 0 unspecified atom stereocenters. The molecule has 0 aliphatic rings. The second-order valence-electron chi connectivity index (χ2n) is 3.80. The molecule has 0 aromatic heterocycles. The molecule has 2 nitrogen and oxygen atoms in total. The fraction of sp³-hybridized carbons (Fsp3) is 0.900. The van der Waals surface area contributed by atoms with Gasteiger partial charge in [0.25, 0.3) is 0 Å². The molecule has 0 fully saturated rings. The first-order valence-corrected chi connectivity index (χ1v) is 7.29. The van der Waals surface area contributed by atoms with Gasteiger partial charge in [0, 0.05) is 23.5 Å². The van der Waals surface area contributed by atoms with Gasteiger partial charge < -0.3 is 9.90 Å². The summed E-state index contributed by atoms with van der Waals surface area (Å²) in [6.07, 6.45) is 4.53. The molecule has 0 atom stereocenters. The van der Waals surface area contributed by atoms with Gasteiger partial charge in [-0.05, 0) is 33.1 Å². The summed E-state index contributed by atoms with van der Waals surface area (Å²) in [5.41, 5.74) is 0. The zero-order chi connectivity index (χ0) is 10.9. The van der Waals surface area contributed by atoms with Crippen molar-refractivity contribution >= 4 is 27.9 Å². The van der Waals surface area contributed by atoms with Crippen LogP contribution in [-0.4, -0.2) is 28.5 Å². The lowest BCUT2D eigenvalue weighted by Crippen LogP contribution is -2.13. The lowest BCUT2D eigenvalue weighted by molar-refractivity contribution is -0.108. The summed E-state index contributed by atoms with van der Waals surface area (Å²) in [4.78, 5) is 10.2. The molecule has 0 aromatic carbocycles. The molecule has 0 aliphatic carbocycles. The average molecular weight is 236 g/mol. The number of aliphatic hydroxyl groups is 1. The van der Waals surface area contributed by atoms with Gasteiger partial charge >= 0.3 is 0 Å². The topological polar surface area (TPSA) is 37.3 Å². The van der Waals surface area contributed by atoms with Crippen LogP contribution in [0.1, 0.15) is 39.5 Å². The molecule has 0 amide bonds. The Kier molecular flexibility index (Phi) is 8.83. The first-order chi connectivity index (χ1) is 6.62. The van der Waals surface area contributed by atoms with E-state index in [2.05, 4.69) is 13.8 Å². The van der Waals surface area contributed by atoms with Gasteiger partial charge in [0.2, 0.25) is 0 Å². The van der Waals surface area contributed by atoms with Crippen LogP contribution in [0, 0.1) is 0 Å². The highest BCUT2D eigenvalue weighted by molar-refractivity contribution is 8.77. The summed E-state index contributed by atoms with van der Waals surface area (Å²) in [5.74, 6) is 1.08. The number of hydrogen-bond donors (Lipinski definition) is 1. The highest BCUT2D eigenvalue weighted by Crippen LogP contribution is 2.38. The zero-order valence-electron chi connectivity index (χ0n) is 8.99. The van der Waals surface area contributed by atoms with Crippen LogP contribution < -0.4 is 0 Å². The maximum Gasteiger partial charge on any atom is 0.120 e. The predicted octanol–water partition coefficient (Wildman–Crippen LogP) is 2.90. The molecule has 0 bridgehead atoms. The van der Waals surface area contributed by atoms with Crippen LogP contribution >= 0.6 is 21.6 Å². The van der Waals surface area contributed by atoms with Crippen LogP contribution in [0.2, 0.25) is 0 Å². The van der Waals surface area contributed by atoms with E-state index in [4.69, 9.17) is 5.11 Å². The Morgan fingerprint density at radius 3 is 2.64 bits per heavy atom. The summed E-state index contributed by atoms with van der Waals surface area (Å²) in [5, 5.41) is 8.59. The highest BCUT2D eigenvalue weighted by Gasteiger charge is 2.17. The van der Waals surface area contributed by atoms with Gasteiger partial charge in [0.1, 0.15) is 6.29 Å². The van der Waals surface area contributed by atoms with Crippen LogP contribution in [0.25, 0.3) is 0 Å². The van der Waals surface area contributed by atoms with Crippen LogP contribution in [0.5, 0.6) is 0 Å². The number of aliphatic hydroxyl groups excluding tert-OH is 1. The van der Waals surface area contributed by atoms with E-state index in [1.54, 1.807) is 0 Å². The molecule has 84 valence electrons. The van der Waals surface area contributed by atoms with E-state index >= 15 is 0 Å². The maximum absolute atomic E-state index is 10.2. The molecule has 1 N–H and O–H groups in total. The number of rotatable bonds is 9. The average Bonchev–Trinajstić information content (AvgIpc) is 2.15. The van der Waals surface area contributed by atoms with Crippen LogP contribution in [0.15, 0.2) is 0 Å². The monoisotopic (exact) mass is 236 g/mol. The molecule has 0 saturated heterocycles. The van der Waals surface area contributed by atoms with Crippen molar-refractivity contribution in [3.63, 3.8) is 0 Å². The van der Waals surface area contributed by atoms with Gasteiger partial charge in [-0.15, -0.1) is 0 Å². The molecule has 0 rings (SSSR count). The molecule has 0 aromatic rings. The fourth-order valence-electron chi connectivity index (χ4n) is 0.922. The smallest absolute Gasteiger partial charge is 0.120 e. The number of unbranched alkanes of at least 4 members (excludes halogenated alkanes) is 1. The van der Waals surface area contributed by atoms with Gasteiger partial charge in [0.05, 0.1) is 0 Å². The molecule has 14 heavy (non-hydrogen) atoms. The van der Waals surface area contributed by atoms with Crippen molar-refractivity contribution in [2.75, 3.05) is 12.4 Å². The zero-order valence-corrected chi connectivity index (χ0v) is 10.6. The third kappa shape index (κ3) is 8.91. The molecule has 4 heteroatoms. The summed E-state index contributed by atoms with van der Waals surface area (Å²) in [7, 11) is 3.69. The molecular weight excluding hydrogens is 216 g/mol. The third-order valence-corrected chi connectivity index (χ3v) is 5.22. The molecule has 0 radical (unpaired) electrons. The summed E-state index contributed by atoms with van der Waals surface area (Å²) < 4.78 is 0.185. The van der Waals surface area contributed by atoms with Crippen molar-refractivity contribution in [1.82, 2.24) is 0 Å². The Hall–Kier alpha value is 0.330. The summed E-state index contributed by atoms with van der Waals surface area (Å²) in [6.45, 7) is 4.63. The SMILES string of the molecule is CC(C)(CCC=O)SSCCCCO. The van der Waals surface area contributed by atoms with Gasteiger partial charge in [0.15, 0.2) is 0 Å². The van der Waals surface area contributed by atoms with E-state index in [0.29, 0.717) is 13.0 Å². The number of carbonyl (C=O) groups excluding carboxylic acids is 1. The number of carbonyl (C=O) groups is 1. The standard InChI is InChI=1S/C10H20O2S2/c1-10(2,6-5-8-12)14-13-9-4-3-7-11/h8,11H,3-7,9H2,1-2H3. The van der Waals surface area contributed by atoms with E-state index in [1.807, 2.05) is 21.6 Å². The van der Waals surface area contributed by atoms with E-state index in [9.17, 15) is 4.79 Å². The highest BCUT2D eigenvalue weighted by atomic mass is 33.1.